The minimum Gasteiger partial charge on any atom is -0.448 e. The SMILES string of the molecule is CC(C)n1c(=O)n(-c2ccco2)c(=O)c2c1nc(N1CCCCC1)n2Cc1c(F)cccc1Cl. The average Bonchev–Trinajstić information content (AvgIpc) is 3.45. The quantitative estimate of drug-likeness (QED) is 0.420. The maximum atomic E-state index is 14.8. The van der Waals surface area contributed by atoms with E-state index in [9.17, 15) is 14.0 Å². The van der Waals surface area contributed by atoms with Crippen LogP contribution in [0.2, 0.25) is 5.02 Å². The van der Waals surface area contributed by atoms with Crippen molar-refractivity contribution >= 4 is 28.7 Å². The first-order valence-corrected chi connectivity index (χ1v) is 11.8. The number of hydrogen-bond acceptors (Lipinski definition) is 5. The van der Waals surface area contributed by atoms with E-state index in [1.54, 1.807) is 28.8 Å². The monoisotopic (exact) mass is 485 g/mol. The summed E-state index contributed by atoms with van der Waals surface area (Å²) < 4.78 is 24.4. The fourth-order valence-corrected chi connectivity index (χ4v) is 4.81. The summed E-state index contributed by atoms with van der Waals surface area (Å²) in [7, 11) is 0. The number of aromatic nitrogens is 4. The standard InChI is InChI=1S/C24H25ClFN5O3/c1-15(2)30-21-20(22(32)31(24(30)33)19-10-7-13-34-19)29(14-16-17(25)8-6-9-18(16)26)23(27-21)28-11-4-3-5-12-28/h6-10,13,15H,3-5,11-12,14H2,1-2H3. The van der Waals surface area contributed by atoms with Gasteiger partial charge in [0.25, 0.3) is 5.56 Å². The van der Waals surface area contributed by atoms with Gasteiger partial charge >= 0.3 is 5.69 Å². The topological polar surface area (TPSA) is 78.2 Å². The smallest absolute Gasteiger partial charge is 0.340 e. The van der Waals surface area contributed by atoms with E-state index in [0.717, 1.165) is 36.9 Å². The zero-order valence-electron chi connectivity index (χ0n) is 19.0. The lowest BCUT2D eigenvalue weighted by Crippen LogP contribution is -2.40. The minimum atomic E-state index is -0.574. The maximum absolute atomic E-state index is 14.8. The van der Waals surface area contributed by atoms with E-state index >= 15 is 0 Å². The van der Waals surface area contributed by atoms with Gasteiger partial charge in [0, 0.05) is 35.8 Å². The Bertz CT molecular complexity index is 1440. The van der Waals surface area contributed by atoms with Crippen LogP contribution in [0.15, 0.2) is 50.6 Å². The van der Waals surface area contributed by atoms with Crippen LogP contribution in [0.1, 0.15) is 44.7 Å². The number of hydrogen-bond donors (Lipinski definition) is 0. The molecule has 0 bridgehead atoms. The molecule has 0 amide bonds. The Labute approximate surface area is 199 Å². The molecule has 1 fully saturated rings. The average molecular weight is 486 g/mol. The number of anilines is 1. The molecule has 3 aromatic heterocycles. The van der Waals surface area contributed by atoms with E-state index in [-0.39, 0.29) is 40.2 Å². The number of rotatable bonds is 5. The second-order valence-electron chi connectivity index (χ2n) is 8.76. The fourth-order valence-electron chi connectivity index (χ4n) is 4.58. The van der Waals surface area contributed by atoms with Crippen molar-refractivity contribution in [3.8, 4) is 5.88 Å². The van der Waals surface area contributed by atoms with Crippen molar-refractivity contribution in [2.75, 3.05) is 18.0 Å². The van der Waals surface area contributed by atoms with Crippen LogP contribution in [-0.4, -0.2) is 31.8 Å². The highest BCUT2D eigenvalue weighted by molar-refractivity contribution is 6.31. The molecular weight excluding hydrogens is 461 g/mol. The van der Waals surface area contributed by atoms with E-state index < -0.39 is 17.1 Å². The molecule has 0 N–H and O–H groups in total. The van der Waals surface area contributed by atoms with Crippen LogP contribution in [0.3, 0.4) is 0 Å². The molecule has 1 aromatic carbocycles. The normalized spacial score (nSPS) is 14.4. The van der Waals surface area contributed by atoms with Crippen LogP contribution in [0.5, 0.6) is 0 Å². The molecule has 0 saturated carbocycles. The molecule has 5 rings (SSSR count). The van der Waals surface area contributed by atoms with Gasteiger partial charge in [-0.25, -0.2) is 9.18 Å². The number of furan rings is 1. The maximum Gasteiger partial charge on any atom is 0.340 e. The zero-order valence-corrected chi connectivity index (χ0v) is 19.8. The molecule has 4 aromatic rings. The van der Waals surface area contributed by atoms with Crippen LogP contribution in [-0.2, 0) is 6.54 Å². The Kier molecular flexibility index (Phi) is 5.81. The summed E-state index contributed by atoms with van der Waals surface area (Å²) in [5.74, 6) is 0.169. The molecule has 178 valence electrons. The first-order valence-electron chi connectivity index (χ1n) is 11.4. The van der Waals surface area contributed by atoms with Gasteiger partial charge in [0.15, 0.2) is 11.2 Å². The van der Waals surface area contributed by atoms with Crippen molar-refractivity contribution in [1.29, 1.82) is 0 Å². The molecule has 8 nitrogen and oxygen atoms in total. The molecule has 0 radical (unpaired) electrons. The molecule has 0 spiro atoms. The van der Waals surface area contributed by atoms with Gasteiger partial charge < -0.3 is 9.32 Å². The van der Waals surface area contributed by atoms with Crippen molar-refractivity contribution in [1.82, 2.24) is 18.7 Å². The summed E-state index contributed by atoms with van der Waals surface area (Å²) in [6.07, 6.45) is 4.48. The van der Waals surface area contributed by atoms with E-state index in [1.807, 2.05) is 13.8 Å². The van der Waals surface area contributed by atoms with Gasteiger partial charge in [-0.15, -0.1) is 0 Å². The molecule has 34 heavy (non-hydrogen) atoms. The summed E-state index contributed by atoms with van der Waals surface area (Å²) in [6.45, 7) is 5.22. The first kappa shape index (κ1) is 22.5. The van der Waals surface area contributed by atoms with Crippen molar-refractivity contribution in [3.05, 3.63) is 73.8 Å². The van der Waals surface area contributed by atoms with E-state index in [0.29, 0.717) is 5.95 Å². The molecule has 4 heterocycles. The summed E-state index contributed by atoms with van der Waals surface area (Å²) in [5.41, 5.74) is -0.394. The minimum absolute atomic E-state index is 0.00245. The van der Waals surface area contributed by atoms with Gasteiger partial charge in [0.1, 0.15) is 5.82 Å². The summed E-state index contributed by atoms with van der Waals surface area (Å²) in [6, 6.07) is 7.38. The van der Waals surface area contributed by atoms with E-state index in [4.69, 9.17) is 21.0 Å². The molecule has 0 unspecified atom stereocenters. The van der Waals surface area contributed by atoms with Crippen LogP contribution >= 0.6 is 11.6 Å². The second-order valence-corrected chi connectivity index (χ2v) is 9.16. The zero-order chi connectivity index (χ0) is 24.0. The number of benzene rings is 1. The van der Waals surface area contributed by atoms with Crippen LogP contribution in [0, 0.1) is 5.82 Å². The van der Waals surface area contributed by atoms with Gasteiger partial charge in [0.2, 0.25) is 11.8 Å². The van der Waals surface area contributed by atoms with Crippen LogP contribution in [0.4, 0.5) is 10.3 Å². The Hall–Kier alpha value is -3.33. The van der Waals surface area contributed by atoms with Crippen LogP contribution < -0.4 is 16.1 Å². The van der Waals surface area contributed by atoms with E-state index in [1.165, 1.54) is 16.9 Å². The number of piperidine rings is 1. The third kappa shape index (κ3) is 3.64. The fraction of sp³-hybridized carbons (Fsp3) is 0.375. The molecule has 1 aliphatic rings. The highest BCUT2D eigenvalue weighted by Crippen LogP contribution is 2.28. The number of nitrogens with zero attached hydrogens (tertiary/aromatic N) is 5. The summed E-state index contributed by atoms with van der Waals surface area (Å²) in [5, 5.41) is 0.259. The number of imidazole rings is 1. The molecular formula is C24H25ClFN5O3. The van der Waals surface area contributed by atoms with Crippen LogP contribution in [0.25, 0.3) is 17.0 Å². The van der Waals surface area contributed by atoms with Gasteiger partial charge in [0.05, 0.1) is 12.8 Å². The molecule has 0 aliphatic carbocycles. The second kappa shape index (κ2) is 8.79. The van der Waals surface area contributed by atoms with Gasteiger partial charge in [-0.1, -0.05) is 17.7 Å². The largest absolute Gasteiger partial charge is 0.448 e. The third-order valence-corrected chi connectivity index (χ3v) is 6.57. The van der Waals surface area contributed by atoms with Gasteiger partial charge in [-0.2, -0.15) is 9.55 Å². The van der Waals surface area contributed by atoms with Gasteiger partial charge in [-0.05, 0) is 51.3 Å². The van der Waals surface area contributed by atoms with Crippen molar-refractivity contribution in [2.45, 2.75) is 45.7 Å². The summed E-state index contributed by atoms with van der Waals surface area (Å²) >= 11 is 6.35. The highest BCUT2D eigenvalue weighted by atomic mass is 35.5. The lowest BCUT2D eigenvalue weighted by atomic mass is 10.1. The summed E-state index contributed by atoms with van der Waals surface area (Å²) in [4.78, 5) is 34.1. The van der Waals surface area contributed by atoms with Gasteiger partial charge in [-0.3, -0.25) is 13.9 Å². The Morgan fingerprint density at radius 2 is 1.88 bits per heavy atom. The highest BCUT2D eigenvalue weighted by Gasteiger charge is 2.28. The lowest BCUT2D eigenvalue weighted by Gasteiger charge is -2.28. The Morgan fingerprint density at radius 3 is 2.53 bits per heavy atom. The predicted octanol–water partition coefficient (Wildman–Crippen LogP) is 4.35. The number of halogens is 2. The molecule has 1 saturated heterocycles. The van der Waals surface area contributed by atoms with Crippen molar-refractivity contribution in [3.63, 3.8) is 0 Å². The molecule has 0 atom stereocenters. The third-order valence-electron chi connectivity index (χ3n) is 6.22. The predicted molar refractivity (Wildman–Crippen MR) is 129 cm³/mol. The molecule has 1 aliphatic heterocycles. The first-order chi connectivity index (χ1) is 16.4. The molecule has 10 heteroatoms. The Balaban J connectivity index is 1.87. The van der Waals surface area contributed by atoms with E-state index in [2.05, 4.69) is 4.90 Å². The lowest BCUT2D eigenvalue weighted by molar-refractivity contribution is 0.502. The van der Waals surface area contributed by atoms with Crippen molar-refractivity contribution in [2.24, 2.45) is 0 Å². The van der Waals surface area contributed by atoms with Crippen molar-refractivity contribution < 1.29 is 8.81 Å². The number of fused-ring (bicyclic) bond motifs is 1. The Morgan fingerprint density at radius 1 is 1.12 bits per heavy atom.